The third kappa shape index (κ3) is 4.20. The van der Waals surface area contributed by atoms with Crippen LogP contribution in [0.5, 0.6) is 5.75 Å². The highest BCUT2D eigenvalue weighted by Gasteiger charge is 2.16. The molecule has 0 aliphatic carbocycles. The Bertz CT molecular complexity index is 1130. The number of methoxy groups -OCH3 is 1. The molecule has 2 aromatic carbocycles. The molecule has 0 bridgehead atoms. The Morgan fingerprint density at radius 1 is 1.14 bits per heavy atom. The van der Waals surface area contributed by atoms with E-state index in [-0.39, 0.29) is 5.91 Å². The molecular weight excluding hydrogens is 384 g/mol. The van der Waals surface area contributed by atoms with Crippen molar-refractivity contribution in [3.63, 3.8) is 0 Å². The van der Waals surface area contributed by atoms with Crippen molar-refractivity contribution in [2.75, 3.05) is 12.4 Å². The van der Waals surface area contributed by atoms with E-state index < -0.39 is 0 Å². The number of carbonyl (C=O) groups excluding carboxylic acids is 1. The molecule has 0 unspecified atom stereocenters. The fourth-order valence-electron chi connectivity index (χ4n) is 3.03. The molecule has 0 aliphatic rings. The first-order chi connectivity index (χ1) is 14.1. The number of carbonyl (C=O) groups is 1. The van der Waals surface area contributed by atoms with Crippen molar-refractivity contribution >= 4 is 23.1 Å². The maximum Gasteiger partial charge on any atom is 0.276 e. The van der Waals surface area contributed by atoms with Gasteiger partial charge in [-0.3, -0.25) is 4.79 Å². The first kappa shape index (κ1) is 18.9. The van der Waals surface area contributed by atoms with Crippen molar-refractivity contribution in [2.45, 2.75) is 13.5 Å². The zero-order valence-electron chi connectivity index (χ0n) is 16.1. The van der Waals surface area contributed by atoms with E-state index in [0.29, 0.717) is 18.1 Å². The summed E-state index contributed by atoms with van der Waals surface area (Å²) >= 11 is 1.41. The lowest BCUT2D eigenvalue weighted by molar-refractivity contribution is 0.102. The van der Waals surface area contributed by atoms with E-state index >= 15 is 0 Å². The molecule has 0 saturated heterocycles. The third-order valence-corrected chi connectivity index (χ3v) is 5.27. The topological polar surface area (TPSA) is 69.0 Å². The van der Waals surface area contributed by atoms with Crippen LogP contribution in [-0.2, 0) is 6.54 Å². The lowest BCUT2D eigenvalue weighted by Crippen LogP contribution is -2.16. The number of ether oxygens (including phenoxy) is 1. The van der Waals surface area contributed by atoms with Crippen LogP contribution in [0.3, 0.4) is 0 Å². The number of para-hydroxylation sites is 1. The summed E-state index contributed by atoms with van der Waals surface area (Å²) in [4.78, 5) is 17.3. The smallest absolute Gasteiger partial charge is 0.276 e. The first-order valence-corrected chi connectivity index (χ1v) is 10.0. The van der Waals surface area contributed by atoms with Gasteiger partial charge in [0.2, 0.25) is 0 Å². The van der Waals surface area contributed by atoms with Crippen molar-refractivity contribution in [1.82, 2.24) is 14.8 Å². The number of nitrogens with zero attached hydrogens (tertiary/aromatic N) is 3. The summed E-state index contributed by atoms with van der Waals surface area (Å²) in [7, 11) is 1.62. The average Bonchev–Trinajstić information content (AvgIpc) is 3.36. The van der Waals surface area contributed by atoms with Gasteiger partial charge in [-0.05, 0) is 24.6 Å². The van der Waals surface area contributed by atoms with Crippen molar-refractivity contribution in [2.24, 2.45) is 0 Å². The second-order valence-electron chi connectivity index (χ2n) is 6.51. The van der Waals surface area contributed by atoms with Gasteiger partial charge in [-0.1, -0.05) is 42.5 Å². The van der Waals surface area contributed by atoms with Crippen molar-refractivity contribution < 1.29 is 9.53 Å². The predicted molar refractivity (Wildman–Crippen MR) is 115 cm³/mol. The van der Waals surface area contributed by atoms with Gasteiger partial charge < -0.3 is 10.1 Å². The molecule has 4 rings (SSSR count). The summed E-state index contributed by atoms with van der Waals surface area (Å²) in [5.41, 5.74) is 3.17. The molecule has 4 aromatic rings. The normalized spacial score (nSPS) is 10.7. The lowest BCUT2D eigenvalue weighted by atomic mass is 10.2. The van der Waals surface area contributed by atoms with Crippen LogP contribution in [0.15, 0.2) is 66.0 Å². The van der Waals surface area contributed by atoms with Gasteiger partial charge in [0.1, 0.15) is 22.3 Å². The van der Waals surface area contributed by atoms with Gasteiger partial charge in [0.15, 0.2) is 0 Å². The highest BCUT2D eigenvalue weighted by atomic mass is 32.1. The number of aryl methyl sites for hydroxylation is 1. The molecule has 6 nitrogen and oxygen atoms in total. The molecule has 2 heterocycles. The Morgan fingerprint density at radius 2 is 1.90 bits per heavy atom. The van der Waals surface area contributed by atoms with Crippen molar-refractivity contribution in [3.8, 4) is 16.3 Å². The highest BCUT2D eigenvalue weighted by molar-refractivity contribution is 7.13. The Balaban J connectivity index is 1.54. The quantitative estimate of drug-likeness (QED) is 0.509. The van der Waals surface area contributed by atoms with E-state index in [4.69, 9.17) is 4.74 Å². The second-order valence-corrected chi connectivity index (χ2v) is 7.36. The summed E-state index contributed by atoms with van der Waals surface area (Å²) in [5, 5.41) is 9.92. The molecule has 2 aromatic heterocycles. The Kier molecular flexibility index (Phi) is 5.39. The van der Waals surface area contributed by atoms with E-state index in [2.05, 4.69) is 15.4 Å². The number of anilines is 1. The zero-order valence-corrected chi connectivity index (χ0v) is 16.9. The minimum atomic E-state index is -0.267. The number of rotatable bonds is 6. The Labute approximate surface area is 172 Å². The molecule has 0 spiro atoms. The van der Waals surface area contributed by atoms with Crippen LogP contribution >= 0.6 is 11.3 Å². The summed E-state index contributed by atoms with van der Waals surface area (Å²) in [5.74, 6) is 1.10. The number of thiazole rings is 1. The van der Waals surface area contributed by atoms with E-state index in [1.165, 1.54) is 11.3 Å². The highest BCUT2D eigenvalue weighted by Crippen LogP contribution is 2.32. The molecule has 1 amide bonds. The van der Waals surface area contributed by atoms with E-state index in [1.54, 1.807) is 17.2 Å². The van der Waals surface area contributed by atoms with Crippen LogP contribution in [0.1, 0.15) is 21.7 Å². The number of amides is 1. The summed E-state index contributed by atoms with van der Waals surface area (Å²) in [6.07, 6.45) is 0. The molecule has 0 fully saturated rings. The average molecular weight is 404 g/mol. The number of nitrogens with one attached hydrogen (secondary N) is 1. The molecule has 0 atom stereocenters. The van der Waals surface area contributed by atoms with Crippen molar-refractivity contribution in [1.29, 1.82) is 0 Å². The molecule has 1 N–H and O–H groups in total. The first-order valence-electron chi connectivity index (χ1n) is 9.12. The van der Waals surface area contributed by atoms with Crippen LogP contribution in [0, 0.1) is 6.92 Å². The minimum Gasteiger partial charge on any atom is -0.496 e. The molecule has 0 radical (unpaired) electrons. The molecule has 0 aliphatic heterocycles. The number of aromatic nitrogens is 3. The maximum atomic E-state index is 12.8. The summed E-state index contributed by atoms with van der Waals surface area (Å²) < 4.78 is 7.18. The van der Waals surface area contributed by atoms with Gasteiger partial charge in [0.05, 0.1) is 24.9 Å². The number of hydrogen-bond donors (Lipinski definition) is 1. The largest absolute Gasteiger partial charge is 0.496 e. The second kappa shape index (κ2) is 8.28. The van der Waals surface area contributed by atoms with Crippen molar-refractivity contribution in [3.05, 3.63) is 83.0 Å². The van der Waals surface area contributed by atoms with E-state index in [9.17, 15) is 4.79 Å². The van der Waals surface area contributed by atoms with Crippen LogP contribution in [0.4, 0.5) is 5.82 Å². The lowest BCUT2D eigenvalue weighted by Gasteiger charge is -2.08. The van der Waals surface area contributed by atoms with Gasteiger partial charge in [-0.2, -0.15) is 5.10 Å². The van der Waals surface area contributed by atoms with E-state index in [1.807, 2.05) is 67.6 Å². The molecular formula is C22H20N4O2S. The molecule has 146 valence electrons. The van der Waals surface area contributed by atoms with Crippen LogP contribution < -0.4 is 10.1 Å². The summed E-state index contributed by atoms with van der Waals surface area (Å²) in [6.45, 7) is 2.48. The van der Waals surface area contributed by atoms with Gasteiger partial charge in [-0.25, -0.2) is 9.67 Å². The SMILES string of the molecule is COc1ccccc1-c1nc(C(=O)Nc2cc(C)nn2Cc2ccccc2)cs1. The zero-order chi connectivity index (χ0) is 20.2. The van der Waals surface area contributed by atoms with E-state index in [0.717, 1.165) is 27.6 Å². The molecule has 0 saturated carbocycles. The van der Waals surface area contributed by atoms with Gasteiger partial charge in [0, 0.05) is 11.4 Å². The summed E-state index contributed by atoms with van der Waals surface area (Å²) in [6, 6.07) is 19.5. The minimum absolute atomic E-state index is 0.267. The fraction of sp³-hybridized carbons (Fsp3) is 0.136. The van der Waals surface area contributed by atoms with Gasteiger partial charge in [0.25, 0.3) is 5.91 Å². The monoisotopic (exact) mass is 404 g/mol. The van der Waals surface area contributed by atoms with Crippen LogP contribution in [0.25, 0.3) is 10.6 Å². The Hall–Kier alpha value is -3.45. The molecule has 7 heteroatoms. The van der Waals surface area contributed by atoms with Gasteiger partial charge in [-0.15, -0.1) is 11.3 Å². The predicted octanol–water partition coefficient (Wildman–Crippen LogP) is 4.62. The maximum absolute atomic E-state index is 12.8. The van der Waals surface area contributed by atoms with Gasteiger partial charge >= 0.3 is 0 Å². The number of hydrogen-bond acceptors (Lipinski definition) is 5. The standard InChI is InChI=1S/C22H20N4O2S/c1-15-12-20(26(25-15)13-16-8-4-3-5-9-16)24-21(27)18-14-29-22(23-18)17-10-6-7-11-19(17)28-2/h3-12,14H,13H2,1-2H3,(H,24,27). The molecule has 29 heavy (non-hydrogen) atoms. The Morgan fingerprint density at radius 3 is 2.69 bits per heavy atom. The fourth-order valence-corrected chi connectivity index (χ4v) is 3.86. The number of benzene rings is 2. The third-order valence-electron chi connectivity index (χ3n) is 4.39. The van der Waals surface area contributed by atoms with Crippen LogP contribution in [-0.4, -0.2) is 27.8 Å². The van der Waals surface area contributed by atoms with Crippen LogP contribution in [0.2, 0.25) is 0 Å².